The van der Waals surface area contributed by atoms with Crippen molar-refractivity contribution in [3.8, 4) is 0 Å². The minimum Gasteiger partial charge on any atom is -0.440 e. The number of carbonyl (C=O) groups excluding carboxylic acids is 1. The molecule has 0 saturated carbocycles. The van der Waals surface area contributed by atoms with E-state index in [0.29, 0.717) is 13.1 Å². The van der Waals surface area contributed by atoms with Gasteiger partial charge >= 0.3 is 6.03 Å². The van der Waals surface area contributed by atoms with Crippen LogP contribution >= 0.6 is 0 Å². The van der Waals surface area contributed by atoms with E-state index in [1.54, 1.807) is 0 Å². The molecule has 0 bridgehead atoms. The summed E-state index contributed by atoms with van der Waals surface area (Å²) in [4.78, 5) is 19.0. The second-order valence-corrected chi connectivity index (χ2v) is 6.77. The summed E-state index contributed by atoms with van der Waals surface area (Å²) >= 11 is 0. The molecule has 1 aliphatic heterocycles. The summed E-state index contributed by atoms with van der Waals surface area (Å²) < 4.78 is 5.91. The monoisotopic (exact) mass is 349 g/mol. The molecule has 1 fully saturated rings. The Balaban J connectivity index is 1.34. The lowest BCUT2D eigenvalue weighted by atomic mass is 9.98. The highest BCUT2D eigenvalue weighted by Gasteiger charge is 2.27. The van der Waals surface area contributed by atoms with E-state index in [9.17, 15) is 4.79 Å². The molecule has 134 valence electrons. The molecule has 4 rings (SSSR count). The molecule has 5 heteroatoms. The smallest absolute Gasteiger partial charge is 0.317 e. The van der Waals surface area contributed by atoms with Crippen molar-refractivity contribution in [2.45, 2.75) is 25.2 Å². The van der Waals surface area contributed by atoms with Gasteiger partial charge in [0.15, 0.2) is 11.5 Å². The van der Waals surface area contributed by atoms with Crippen LogP contribution in [0, 0.1) is 0 Å². The molecule has 0 aliphatic carbocycles. The summed E-state index contributed by atoms with van der Waals surface area (Å²) in [5.41, 5.74) is 2.93. The van der Waals surface area contributed by atoms with E-state index in [1.807, 2.05) is 47.4 Å². The van der Waals surface area contributed by atoms with E-state index in [1.165, 1.54) is 5.56 Å². The van der Waals surface area contributed by atoms with Gasteiger partial charge in [0.05, 0.1) is 5.92 Å². The third-order valence-corrected chi connectivity index (χ3v) is 4.90. The van der Waals surface area contributed by atoms with Crippen molar-refractivity contribution in [1.29, 1.82) is 0 Å². The number of aromatic nitrogens is 1. The summed E-state index contributed by atoms with van der Waals surface area (Å²) in [6, 6.07) is 18.0. The van der Waals surface area contributed by atoms with Crippen molar-refractivity contribution in [3.05, 3.63) is 66.1 Å². The van der Waals surface area contributed by atoms with Gasteiger partial charge < -0.3 is 14.6 Å². The summed E-state index contributed by atoms with van der Waals surface area (Å²) in [6.07, 6.45) is 2.81. The van der Waals surface area contributed by atoms with Gasteiger partial charge in [-0.15, -0.1) is 0 Å². The number of nitrogens with one attached hydrogen (secondary N) is 1. The van der Waals surface area contributed by atoms with E-state index in [0.717, 1.165) is 42.8 Å². The van der Waals surface area contributed by atoms with Crippen LogP contribution in [0.25, 0.3) is 11.1 Å². The minimum absolute atomic E-state index is 0.00161. The third kappa shape index (κ3) is 3.72. The minimum atomic E-state index is 0.00161. The van der Waals surface area contributed by atoms with Crippen molar-refractivity contribution in [2.24, 2.45) is 0 Å². The molecular formula is C21H23N3O2. The number of piperidine rings is 1. The van der Waals surface area contributed by atoms with Crippen molar-refractivity contribution < 1.29 is 9.21 Å². The lowest BCUT2D eigenvalue weighted by molar-refractivity contribution is 0.175. The third-order valence-electron chi connectivity index (χ3n) is 4.90. The highest BCUT2D eigenvalue weighted by Crippen LogP contribution is 2.28. The Labute approximate surface area is 153 Å². The van der Waals surface area contributed by atoms with Crippen molar-refractivity contribution in [2.75, 3.05) is 19.6 Å². The quantitative estimate of drug-likeness (QED) is 0.776. The first-order valence-electron chi connectivity index (χ1n) is 9.22. The highest BCUT2D eigenvalue weighted by molar-refractivity contribution is 5.74. The van der Waals surface area contributed by atoms with Gasteiger partial charge in [0.25, 0.3) is 0 Å². The number of urea groups is 1. The largest absolute Gasteiger partial charge is 0.440 e. The molecule has 26 heavy (non-hydrogen) atoms. The van der Waals surface area contributed by atoms with Gasteiger partial charge in [0, 0.05) is 19.6 Å². The molecule has 2 heterocycles. The van der Waals surface area contributed by atoms with Crippen LogP contribution in [0.3, 0.4) is 0 Å². The van der Waals surface area contributed by atoms with Gasteiger partial charge in [-0.05, 0) is 37.0 Å². The van der Waals surface area contributed by atoms with E-state index < -0.39 is 0 Å². The zero-order valence-corrected chi connectivity index (χ0v) is 14.7. The molecule has 0 unspecified atom stereocenters. The van der Waals surface area contributed by atoms with Crippen LogP contribution in [-0.2, 0) is 6.42 Å². The lowest BCUT2D eigenvalue weighted by Crippen LogP contribution is -2.45. The number of nitrogens with zero attached hydrogens (tertiary/aromatic N) is 2. The summed E-state index contributed by atoms with van der Waals surface area (Å²) in [5, 5.41) is 3.04. The number of likely N-dealkylation sites (tertiary alicyclic amines) is 1. The Kier molecular flexibility index (Phi) is 4.86. The van der Waals surface area contributed by atoms with Gasteiger partial charge in [-0.1, -0.05) is 42.5 Å². The predicted molar refractivity (Wildman–Crippen MR) is 101 cm³/mol. The summed E-state index contributed by atoms with van der Waals surface area (Å²) in [6.45, 7) is 2.09. The van der Waals surface area contributed by atoms with Gasteiger partial charge in [-0.3, -0.25) is 0 Å². The average molecular weight is 349 g/mol. The Morgan fingerprint density at radius 1 is 1.15 bits per heavy atom. The number of carbonyl (C=O) groups is 1. The van der Waals surface area contributed by atoms with E-state index in [2.05, 4.69) is 22.4 Å². The number of hydrogen-bond donors (Lipinski definition) is 1. The predicted octanol–water partition coefficient (Wildman–Crippen LogP) is 3.96. The van der Waals surface area contributed by atoms with Crippen LogP contribution in [-0.4, -0.2) is 35.5 Å². The molecule has 3 aromatic rings. The summed E-state index contributed by atoms with van der Waals surface area (Å²) in [7, 11) is 0. The molecule has 1 saturated heterocycles. The molecule has 2 aromatic carbocycles. The second kappa shape index (κ2) is 7.60. The lowest BCUT2D eigenvalue weighted by Gasteiger charge is -2.31. The van der Waals surface area contributed by atoms with Crippen molar-refractivity contribution in [3.63, 3.8) is 0 Å². The Morgan fingerprint density at radius 2 is 1.96 bits per heavy atom. The molecule has 0 radical (unpaired) electrons. The van der Waals surface area contributed by atoms with Crippen LogP contribution in [0.1, 0.15) is 30.2 Å². The van der Waals surface area contributed by atoms with Crippen LogP contribution < -0.4 is 5.32 Å². The zero-order chi connectivity index (χ0) is 17.8. The number of amides is 2. The number of para-hydroxylation sites is 2. The normalized spacial score (nSPS) is 17.4. The van der Waals surface area contributed by atoms with Crippen molar-refractivity contribution in [1.82, 2.24) is 15.2 Å². The number of rotatable bonds is 4. The fourth-order valence-electron chi connectivity index (χ4n) is 3.50. The molecule has 5 nitrogen and oxygen atoms in total. The Morgan fingerprint density at radius 3 is 2.81 bits per heavy atom. The number of benzene rings is 2. The van der Waals surface area contributed by atoms with E-state index >= 15 is 0 Å². The number of fused-ring (bicyclic) bond motifs is 1. The zero-order valence-electron chi connectivity index (χ0n) is 14.7. The fraction of sp³-hybridized carbons (Fsp3) is 0.333. The van der Waals surface area contributed by atoms with Gasteiger partial charge in [-0.25, -0.2) is 9.78 Å². The highest BCUT2D eigenvalue weighted by atomic mass is 16.3. The summed E-state index contributed by atoms with van der Waals surface area (Å²) in [5.74, 6) is 0.906. The maximum Gasteiger partial charge on any atom is 0.317 e. The van der Waals surface area contributed by atoms with Crippen LogP contribution in [0.4, 0.5) is 4.79 Å². The standard InChI is InChI=1S/C21H23N3O2/c25-21(22-13-12-16-7-2-1-3-8-16)24-14-6-9-17(15-24)20-23-18-10-4-5-11-19(18)26-20/h1-5,7-8,10-11,17H,6,9,12-15H2,(H,22,25)/t17-/m1/s1. The maximum absolute atomic E-state index is 12.5. The first-order chi connectivity index (χ1) is 12.8. The molecule has 1 atom stereocenters. The van der Waals surface area contributed by atoms with Gasteiger partial charge in [-0.2, -0.15) is 0 Å². The molecular weight excluding hydrogens is 326 g/mol. The van der Waals surface area contributed by atoms with Crippen LogP contribution in [0.2, 0.25) is 0 Å². The Hall–Kier alpha value is -2.82. The van der Waals surface area contributed by atoms with Gasteiger partial charge in [0.1, 0.15) is 5.52 Å². The maximum atomic E-state index is 12.5. The molecule has 2 amide bonds. The SMILES string of the molecule is O=C(NCCc1ccccc1)N1CCC[C@@H](c2nc3ccccc3o2)C1. The molecule has 0 spiro atoms. The average Bonchev–Trinajstić information content (AvgIpc) is 3.13. The topological polar surface area (TPSA) is 58.4 Å². The molecule has 1 aromatic heterocycles. The number of oxazole rings is 1. The first kappa shape index (κ1) is 16.6. The van der Waals surface area contributed by atoms with E-state index in [-0.39, 0.29) is 11.9 Å². The molecule has 1 aliphatic rings. The Bertz CT molecular complexity index is 842. The van der Waals surface area contributed by atoms with Gasteiger partial charge in [0.2, 0.25) is 0 Å². The fourth-order valence-corrected chi connectivity index (χ4v) is 3.50. The van der Waals surface area contributed by atoms with E-state index in [4.69, 9.17) is 4.42 Å². The second-order valence-electron chi connectivity index (χ2n) is 6.77. The van der Waals surface area contributed by atoms with Crippen LogP contribution in [0.15, 0.2) is 59.0 Å². The number of hydrogen-bond acceptors (Lipinski definition) is 3. The van der Waals surface area contributed by atoms with Crippen molar-refractivity contribution >= 4 is 17.1 Å². The van der Waals surface area contributed by atoms with Crippen LogP contribution in [0.5, 0.6) is 0 Å². The first-order valence-corrected chi connectivity index (χ1v) is 9.22. The molecule has 1 N–H and O–H groups in total.